The fraction of sp³-hybridized carbons (Fsp3) is 0.786. The van der Waals surface area contributed by atoms with Gasteiger partial charge in [0.2, 0.25) is 11.8 Å². The molecule has 2 rings (SSSR count). The van der Waals surface area contributed by atoms with Gasteiger partial charge in [0, 0.05) is 13.1 Å². The molecule has 22 heavy (non-hydrogen) atoms. The Bertz CT molecular complexity index is 416. The minimum absolute atomic E-state index is 0.290. The Morgan fingerprint density at radius 2 is 1.68 bits per heavy atom. The van der Waals surface area contributed by atoms with Crippen molar-refractivity contribution < 1.29 is 19.5 Å². The molecule has 0 unspecified atom stereocenters. The number of rotatable bonds is 5. The Morgan fingerprint density at radius 3 is 1.95 bits per heavy atom. The number of aliphatic hydroxyl groups excluding tert-OH is 1. The SMILES string of the molecule is C[C@@H](O)[C@@](N)(C=O)N(C(=O)[C@@H]1CCNC1)C(=O)[C@H]1CCNC1. The van der Waals surface area contributed by atoms with Gasteiger partial charge in [-0.2, -0.15) is 0 Å². The van der Waals surface area contributed by atoms with Crippen molar-refractivity contribution in [2.24, 2.45) is 17.6 Å². The van der Waals surface area contributed by atoms with Gasteiger partial charge in [-0.1, -0.05) is 0 Å². The van der Waals surface area contributed by atoms with Crippen LogP contribution in [0.3, 0.4) is 0 Å². The fourth-order valence-corrected chi connectivity index (χ4v) is 2.92. The van der Waals surface area contributed by atoms with Crippen LogP contribution in [0.15, 0.2) is 0 Å². The van der Waals surface area contributed by atoms with Gasteiger partial charge < -0.3 is 15.7 Å². The van der Waals surface area contributed by atoms with Crippen LogP contribution in [0.4, 0.5) is 0 Å². The summed E-state index contributed by atoms with van der Waals surface area (Å²) in [7, 11) is 0. The van der Waals surface area contributed by atoms with E-state index in [0.717, 1.165) is 4.90 Å². The van der Waals surface area contributed by atoms with Crippen LogP contribution < -0.4 is 16.4 Å². The van der Waals surface area contributed by atoms with Crippen LogP contribution >= 0.6 is 0 Å². The van der Waals surface area contributed by atoms with E-state index in [9.17, 15) is 19.5 Å². The summed E-state index contributed by atoms with van der Waals surface area (Å²) in [4.78, 5) is 37.8. The van der Waals surface area contributed by atoms with Gasteiger partial charge in [-0.15, -0.1) is 0 Å². The van der Waals surface area contributed by atoms with Crippen molar-refractivity contribution in [2.45, 2.75) is 31.5 Å². The summed E-state index contributed by atoms with van der Waals surface area (Å²) >= 11 is 0. The molecule has 4 atom stereocenters. The molecule has 0 aromatic heterocycles. The first kappa shape index (κ1) is 17.0. The van der Waals surface area contributed by atoms with Crippen molar-refractivity contribution in [1.29, 1.82) is 0 Å². The molecule has 0 saturated carbocycles. The highest BCUT2D eigenvalue weighted by Gasteiger charge is 2.48. The Morgan fingerprint density at radius 1 is 1.23 bits per heavy atom. The van der Waals surface area contributed by atoms with Crippen LogP contribution in [0.25, 0.3) is 0 Å². The molecule has 0 spiro atoms. The van der Waals surface area contributed by atoms with E-state index in [0.29, 0.717) is 39.0 Å². The highest BCUT2D eigenvalue weighted by Crippen LogP contribution is 2.23. The molecule has 2 saturated heterocycles. The number of hydrogen-bond acceptors (Lipinski definition) is 7. The number of carbonyl (C=O) groups is 3. The monoisotopic (exact) mass is 312 g/mol. The van der Waals surface area contributed by atoms with Gasteiger partial charge in [-0.3, -0.25) is 25.0 Å². The average molecular weight is 312 g/mol. The van der Waals surface area contributed by atoms with E-state index >= 15 is 0 Å². The number of nitrogens with zero attached hydrogens (tertiary/aromatic N) is 1. The van der Waals surface area contributed by atoms with Crippen molar-refractivity contribution >= 4 is 18.1 Å². The zero-order chi connectivity index (χ0) is 16.3. The van der Waals surface area contributed by atoms with E-state index in [-0.39, 0.29) is 6.29 Å². The zero-order valence-electron chi connectivity index (χ0n) is 12.7. The standard InChI is InChI=1S/C14H24N4O4/c1-9(20)14(15,8-19)18(12(21)10-2-4-16-6-10)13(22)11-3-5-17-7-11/h8-11,16-17,20H,2-7,15H2,1H3/t9-,10-,11+,14-/m1/s1. The second-order valence-corrected chi connectivity index (χ2v) is 6.07. The molecular formula is C14H24N4O4. The third kappa shape index (κ3) is 3.05. The molecule has 2 fully saturated rings. The molecule has 124 valence electrons. The van der Waals surface area contributed by atoms with Crippen LogP contribution in [0.1, 0.15) is 19.8 Å². The summed E-state index contributed by atoms with van der Waals surface area (Å²) in [5, 5.41) is 16.0. The van der Waals surface area contributed by atoms with Crippen LogP contribution in [0, 0.1) is 11.8 Å². The maximum Gasteiger partial charge on any atom is 0.235 e. The smallest absolute Gasteiger partial charge is 0.235 e. The van der Waals surface area contributed by atoms with Gasteiger partial charge in [-0.25, -0.2) is 0 Å². The third-order valence-electron chi connectivity index (χ3n) is 4.51. The van der Waals surface area contributed by atoms with Gasteiger partial charge in [0.15, 0.2) is 11.9 Å². The van der Waals surface area contributed by atoms with Gasteiger partial charge >= 0.3 is 0 Å². The van der Waals surface area contributed by atoms with Gasteiger partial charge in [-0.05, 0) is 32.9 Å². The molecule has 0 aromatic rings. The van der Waals surface area contributed by atoms with Crippen LogP contribution in [0.2, 0.25) is 0 Å². The van der Waals surface area contributed by atoms with Crippen molar-refractivity contribution in [1.82, 2.24) is 15.5 Å². The summed E-state index contributed by atoms with van der Waals surface area (Å²) < 4.78 is 0. The maximum atomic E-state index is 12.7. The van der Waals surface area contributed by atoms with Gasteiger partial charge in [0.1, 0.15) is 0 Å². The lowest BCUT2D eigenvalue weighted by molar-refractivity contribution is -0.164. The number of imide groups is 1. The molecular weight excluding hydrogens is 288 g/mol. The van der Waals surface area contributed by atoms with Crippen LogP contribution in [0.5, 0.6) is 0 Å². The minimum Gasteiger partial charge on any atom is -0.389 e. The molecule has 8 nitrogen and oxygen atoms in total. The molecule has 2 amide bonds. The Labute approximate surface area is 129 Å². The summed E-state index contributed by atoms with van der Waals surface area (Å²) in [5.41, 5.74) is 3.92. The van der Waals surface area contributed by atoms with Crippen LogP contribution in [-0.4, -0.2) is 66.1 Å². The second-order valence-electron chi connectivity index (χ2n) is 6.07. The van der Waals surface area contributed by atoms with Crippen molar-refractivity contribution in [3.05, 3.63) is 0 Å². The number of aliphatic hydroxyl groups is 1. The Hall–Kier alpha value is -1.35. The molecule has 0 bridgehead atoms. The lowest BCUT2D eigenvalue weighted by Crippen LogP contribution is -2.69. The van der Waals surface area contributed by atoms with E-state index in [1.54, 1.807) is 0 Å². The number of hydrogen-bond donors (Lipinski definition) is 4. The van der Waals surface area contributed by atoms with Crippen molar-refractivity contribution in [2.75, 3.05) is 26.2 Å². The second kappa shape index (κ2) is 6.82. The number of carbonyl (C=O) groups excluding carboxylic acids is 3. The summed E-state index contributed by atoms with van der Waals surface area (Å²) in [6.45, 7) is 3.55. The van der Waals surface area contributed by atoms with Gasteiger partial charge in [0.25, 0.3) is 0 Å². The molecule has 5 N–H and O–H groups in total. The predicted molar refractivity (Wildman–Crippen MR) is 78.5 cm³/mol. The maximum absolute atomic E-state index is 12.7. The highest BCUT2D eigenvalue weighted by molar-refractivity contribution is 6.01. The molecule has 0 aromatic carbocycles. The summed E-state index contributed by atoms with van der Waals surface area (Å²) in [5.74, 6) is -1.78. The largest absolute Gasteiger partial charge is 0.389 e. The molecule has 2 aliphatic rings. The molecule has 0 aliphatic carbocycles. The van der Waals surface area contributed by atoms with E-state index in [4.69, 9.17) is 5.73 Å². The summed E-state index contributed by atoms with van der Waals surface area (Å²) in [6.07, 6.45) is 0.111. The van der Waals surface area contributed by atoms with E-state index in [2.05, 4.69) is 10.6 Å². The molecule has 2 aliphatic heterocycles. The summed E-state index contributed by atoms with van der Waals surface area (Å²) in [6, 6.07) is 0. The fourth-order valence-electron chi connectivity index (χ4n) is 2.92. The van der Waals surface area contributed by atoms with E-state index in [1.807, 2.05) is 0 Å². The number of nitrogens with one attached hydrogen (secondary N) is 2. The van der Waals surface area contributed by atoms with Crippen molar-refractivity contribution in [3.8, 4) is 0 Å². The highest BCUT2D eigenvalue weighted by atomic mass is 16.3. The minimum atomic E-state index is -2.03. The molecule has 2 heterocycles. The number of aldehydes is 1. The first-order valence-electron chi connectivity index (χ1n) is 7.64. The van der Waals surface area contributed by atoms with Crippen LogP contribution in [-0.2, 0) is 14.4 Å². The average Bonchev–Trinajstić information content (AvgIpc) is 3.19. The van der Waals surface area contributed by atoms with Crippen molar-refractivity contribution in [3.63, 3.8) is 0 Å². The zero-order valence-corrected chi connectivity index (χ0v) is 12.7. The number of amides is 2. The van der Waals surface area contributed by atoms with Gasteiger partial charge in [0.05, 0.1) is 17.9 Å². The first-order chi connectivity index (χ1) is 10.4. The topological polar surface area (TPSA) is 125 Å². The number of nitrogens with two attached hydrogens (primary N) is 1. The lowest BCUT2D eigenvalue weighted by Gasteiger charge is -2.39. The molecule has 8 heteroatoms. The predicted octanol–water partition coefficient (Wildman–Crippen LogP) is -2.20. The van der Waals surface area contributed by atoms with E-state index in [1.165, 1.54) is 6.92 Å². The first-order valence-corrected chi connectivity index (χ1v) is 7.64. The Kier molecular flexibility index (Phi) is 5.28. The Balaban J connectivity index is 2.32. The lowest BCUT2D eigenvalue weighted by atomic mass is 9.96. The quantitative estimate of drug-likeness (QED) is 0.258. The molecule has 0 radical (unpaired) electrons. The van der Waals surface area contributed by atoms with E-state index < -0.39 is 35.4 Å². The normalized spacial score (nSPS) is 28.9. The third-order valence-corrected chi connectivity index (χ3v) is 4.51.